The second-order valence-electron chi connectivity index (χ2n) is 6.30. The van der Waals surface area contributed by atoms with Gasteiger partial charge in [0.2, 0.25) is 0 Å². The van der Waals surface area contributed by atoms with Crippen molar-refractivity contribution in [2.75, 3.05) is 26.2 Å². The van der Waals surface area contributed by atoms with Crippen molar-refractivity contribution in [2.45, 2.75) is 51.6 Å². The summed E-state index contributed by atoms with van der Waals surface area (Å²) >= 11 is 0. The molecule has 0 N–H and O–H groups in total. The van der Waals surface area contributed by atoms with Crippen LogP contribution in [0.4, 0.5) is 0 Å². The molecule has 2 aliphatic rings. The minimum absolute atomic E-state index is 0.427. The number of nitrogens with zero attached hydrogens (tertiary/aromatic N) is 3. The molecule has 0 bridgehead atoms. The lowest BCUT2D eigenvalue weighted by molar-refractivity contribution is 0.0447. The largest absolute Gasteiger partial charge is 0.361 e. The van der Waals surface area contributed by atoms with Crippen molar-refractivity contribution < 1.29 is 4.52 Å². The summed E-state index contributed by atoms with van der Waals surface area (Å²) in [6.07, 6.45) is 4.15. The molecule has 106 valence electrons. The minimum atomic E-state index is 0.427. The summed E-state index contributed by atoms with van der Waals surface area (Å²) in [6, 6.07) is 2.90. The van der Waals surface area contributed by atoms with E-state index in [2.05, 4.69) is 34.9 Å². The number of piperazine rings is 1. The smallest absolute Gasteiger partial charge is 0.139 e. The summed E-state index contributed by atoms with van der Waals surface area (Å²) in [7, 11) is 0. The van der Waals surface area contributed by atoms with Crippen LogP contribution in [0.5, 0.6) is 0 Å². The lowest BCUT2D eigenvalue weighted by atomic mass is 9.99. The zero-order chi connectivity index (χ0) is 13.2. The SMILES string of the molecule is CC(C)c1cc(CN2CCN3CCCCC3C2)no1. The Bertz CT molecular complexity index is 415. The lowest BCUT2D eigenvalue weighted by Gasteiger charge is -2.43. The van der Waals surface area contributed by atoms with Gasteiger partial charge in [0, 0.05) is 44.2 Å². The van der Waals surface area contributed by atoms with Gasteiger partial charge in [-0.1, -0.05) is 25.4 Å². The maximum absolute atomic E-state index is 5.39. The highest BCUT2D eigenvalue weighted by Crippen LogP contribution is 2.22. The highest BCUT2D eigenvalue weighted by molar-refractivity contribution is 5.08. The zero-order valence-corrected chi connectivity index (χ0v) is 12.1. The molecule has 1 unspecified atom stereocenters. The molecule has 2 saturated heterocycles. The summed E-state index contributed by atoms with van der Waals surface area (Å²) < 4.78 is 5.39. The fourth-order valence-corrected chi connectivity index (χ4v) is 3.27. The lowest BCUT2D eigenvalue weighted by Crippen LogP contribution is -2.54. The van der Waals surface area contributed by atoms with Crippen LogP contribution >= 0.6 is 0 Å². The minimum Gasteiger partial charge on any atom is -0.361 e. The van der Waals surface area contributed by atoms with Crippen molar-refractivity contribution in [3.63, 3.8) is 0 Å². The molecule has 0 aromatic carbocycles. The van der Waals surface area contributed by atoms with Crippen molar-refractivity contribution >= 4 is 0 Å². The second kappa shape index (κ2) is 5.63. The monoisotopic (exact) mass is 263 g/mol. The van der Waals surface area contributed by atoms with Gasteiger partial charge in [0.05, 0.1) is 5.69 Å². The van der Waals surface area contributed by atoms with Gasteiger partial charge in [-0.05, 0) is 19.4 Å². The quantitative estimate of drug-likeness (QED) is 0.838. The van der Waals surface area contributed by atoms with Crippen LogP contribution in [0.2, 0.25) is 0 Å². The first-order chi connectivity index (χ1) is 9.22. The fraction of sp³-hybridized carbons (Fsp3) is 0.800. The van der Waals surface area contributed by atoms with Gasteiger partial charge in [0.25, 0.3) is 0 Å². The van der Waals surface area contributed by atoms with E-state index in [1.54, 1.807) is 0 Å². The molecule has 1 aromatic heterocycles. The van der Waals surface area contributed by atoms with Gasteiger partial charge in [-0.15, -0.1) is 0 Å². The molecular formula is C15H25N3O. The molecule has 4 heteroatoms. The Balaban J connectivity index is 1.57. The summed E-state index contributed by atoms with van der Waals surface area (Å²) in [6.45, 7) is 10.1. The van der Waals surface area contributed by atoms with Crippen LogP contribution in [-0.4, -0.2) is 47.2 Å². The third kappa shape index (κ3) is 3.00. The number of hydrogen-bond donors (Lipinski definition) is 0. The molecule has 0 radical (unpaired) electrons. The number of aromatic nitrogens is 1. The maximum Gasteiger partial charge on any atom is 0.139 e. The zero-order valence-electron chi connectivity index (χ0n) is 12.1. The molecule has 2 fully saturated rings. The van der Waals surface area contributed by atoms with E-state index in [0.29, 0.717) is 5.92 Å². The average molecular weight is 263 g/mol. The van der Waals surface area contributed by atoms with Crippen LogP contribution in [-0.2, 0) is 6.54 Å². The van der Waals surface area contributed by atoms with Crippen LogP contribution in [0.1, 0.15) is 50.5 Å². The van der Waals surface area contributed by atoms with Gasteiger partial charge in [-0.2, -0.15) is 0 Å². The van der Waals surface area contributed by atoms with Crippen molar-refractivity contribution in [2.24, 2.45) is 0 Å². The van der Waals surface area contributed by atoms with Crippen LogP contribution in [0.15, 0.2) is 10.6 Å². The van der Waals surface area contributed by atoms with Crippen LogP contribution in [0, 0.1) is 0 Å². The Morgan fingerprint density at radius 1 is 1.32 bits per heavy atom. The van der Waals surface area contributed by atoms with Gasteiger partial charge in [0.15, 0.2) is 0 Å². The van der Waals surface area contributed by atoms with Gasteiger partial charge >= 0.3 is 0 Å². The van der Waals surface area contributed by atoms with E-state index in [1.807, 2.05) is 0 Å². The average Bonchev–Trinajstić information content (AvgIpc) is 2.87. The van der Waals surface area contributed by atoms with Crippen LogP contribution < -0.4 is 0 Å². The van der Waals surface area contributed by atoms with Gasteiger partial charge < -0.3 is 4.52 Å². The highest BCUT2D eigenvalue weighted by Gasteiger charge is 2.29. The number of rotatable bonds is 3. The van der Waals surface area contributed by atoms with Gasteiger partial charge in [0.1, 0.15) is 5.76 Å². The molecule has 3 rings (SSSR count). The highest BCUT2D eigenvalue weighted by atomic mass is 16.5. The van der Waals surface area contributed by atoms with E-state index in [4.69, 9.17) is 4.52 Å². The molecule has 19 heavy (non-hydrogen) atoms. The van der Waals surface area contributed by atoms with Crippen molar-refractivity contribution in [1.29, 1.82) is 0 Å². The molecule has 0 aliphatic carbocycles. The fourth-order valence-electron chi connectivity index (χ4n) is 3.27. The molecule has 1 aromatic rings. The van der Waals surface area contributed by atoms with Crippen molar-refractivity contribution in [3.05, 3.63) is 17.5 Å². The van der Waals surface area contributed by atoms with E-state index < -0.39 is 0 Å². The van der Waals surface area contributed by atoms with E-state index >= 15 is 0 Å². The topological polar surface area (TPSA) is 32.5 Å². The van der Waals surface area contributed by atoms with E-state index in [0.717, 1.165) is 24.0 Å². The summed E-state index contributed by atoms with van der Waals surface area (Å²) in [5.74, 6) is 1.43. The molecule has 1 atom stereocenters. The molecule has 0 spiro atoms. The molecule has 4 nitrogen and oxygen atoms in total. The predicted octanol–water partition coefficient (Wildman–Crippen LogP) is 2.47. The van der Waals surface area contributed by atoms with Gasteiger partial charge in [-0.25, -0.2) is 0 Å². The second-order valence-corrected chi connectivity index (χ2v) is 6.30. The Kier molecular flexibility index (Phi) is 3.89. The molecular weight excluding hydrogens is 238 g/mol. The normalized spacial score (nSPS) is 25.7. The van der Waals surface area contributed by atoms with Crippen LogP contribution in [0.25, 0.3) is 0 Å². The Morgan fingerprint density at radius 2 is 2.21 bits per heavy atom. The first-order valence-corrected chi connectivity index (χ1v) is 7.64. The van der Waals surface area contributed by atoms with Gasteiger partial charge in [-0.3, -0.25) is 9.80 Å². The molecule has 0 saturated carbocycles. The Hall–Kier alpha value is -0.870. The van der Waals surface area contributed by atoms with E-state index in [1.165, 1.54) is 45.4 Å². The van der Waals surface area contributed by atoms with Crippen LogP contribution in [0.3, 0.4) is 0 Å². The number of fused-ring (bicyclic) bond motifs is 1. The first-order valence-electron chi connectivity index (χ1n) is 7.64. The molecule has 3 heterocycles. The Morgan fingerprint density at radius 3 is 3.00 bits per heavy atom. The van der Waals surface area contributed by atoms with Crippen molar-refractivity contribution in [1.82, 2.24) is 15.0 Å². The standard InChI is InChI=1S/C15H25N3O/c1-12(2)15-9-13(16-19-15)10-17-7-8-18-6-4-3-5-14(18)11-17/h9,12,14H,3-8,10-11H2,1-2H3. The Labute approximate surface area is 115 Å². The summed E-state index contributed by atoms with van der Waals surface area (Å²) in [4.78, 5) is 5.21. The van der Waals surface area contributed by atoms with Crippen molar-refractivity contribution in [3.8, 4) is 0 Å². The van der Waals surface area contributed by atoms with E-state index in [-0.39, 0.29) is 0 Å². The number of hydrogen-bond acceptors (Lipinski definition) is 4. The summed E-state index contributed by atoms with van der Waals surface area (Å²) in [5, 5.41) is 4.21. The maximum atomic E-state index is 5.39. The third-order valence-corrected chi connectivity index (χ3v) is 4.45. The molecule has 2 aliphatic heterocycles. The predicted molar refractivity (Wildman–Crippen MR) is 75.1 cm³/mol. The first kappa shape index (κ1) is 13.1. The summed E-state index contributed by atoms with van der Waals surface area (Å²) in [5.41, 5.74) is 1.09. The van der Waals surface area contributed by atoms with E-state index in [9.17, 15) is 0 Å². The third-order valence-electron chi connectivity index (χ3n) is 4.45. The number of piperidine rings is 1. The molecule has 0 amide bonds.